The Hall–Kier alpha value is -3.35. The molecule has 1 aliphatic rings. The van der Waals surface area contributed by atoms with Crippen LogP contribution in [0.2, 0.25) is 0 Å². The van der Waals surface area contributed by atoms with Gasteiger partial charge in [0.15, 0.2) is 0 Å². The van der Waals surface area contributed by atoms with Gasteiger partial charge in [-0.2, -0.15) is 0 Å². The summed E-state index contributed by atoms with van der Waals surface area (Å²) in [5.74, 6) is 0.151. The SMILES string of the molecule is CCOc1cc2c(cc1/C=C/C(=O)N(CCC(N)=O)c1ccc(F)cc1)OC(C)C2. The van der Waals surface area contributed by atoms with Gasteiger partial charge in [0, 0.05) is 42.3 Å². The molecule has 2 aromatic carbocycles. The van der Waals surface area contributed by atoms with E-state index >= 15 is 0 Å². The molecule has 0 saturated heterocycles. The number of carbonyl (C=O) groups is 2. The van der Waals surface area contributed by atoms with Crippen LogP contribution in [-0.4, -0.2) is 31.1 Å². The third-order valence-corrected chi connectivity index (χ3v) is 4.72. The van der Waals surface area contributed by atoms with Crippen LogP contribution in [0.4, 0.5) is 10.1 Å². The van der Waals surface area contributed by atoms with Gasteiger partial charge in [-0.05, 0) is 56.3 Å². The van der Waals surface area contributed by atoms with Crippen molar-refractivity contribution in [3.63, 3.8) is 0 Å². The molecule has 1 atom stereocenters. The van der Waals surface area contributed by atoms with Gasteiger partial charge in [-0.25, -0.2) is 4.39 Å². The Morgan fingerprint density at radius 2 is 2.03 bits per heavy atom. The van der Waals surface area contributed by atoms with Crippen molar-refractivity contribution in [1.82, 2.24) is 0 Å². The van der Waals surface area contributed by atoms with Crippen molar-refractivity contribution < 1.29 is 23.5 Å². The van der Waals surface area contributed by atoms with Gasteiger partial charge in [0.1, 0.15) is 23.4 Å². The lowest BCUT2D eigenvalue weighted by Gasteiger charge is -2.21. The molecule has 1 aliphatic heterocycles. The fourth-order valence-corrected chi connectivity index (χ4v) is 3.33. The lowest BCUT2D eigenvalue weighted by molar-refractivity contribution is -0.118. The maximum atomic E-state index is 13.3. The highest BCUT2D eigenvalue weighted by molar-refractivity contribution is 6.04. The Morgan fingerprint density at radius 3 is 2.70 bits per heavy atom. The lowest BCUT2D eigenvalue weighted by atomic mass is 10.1. The van der Waals surface area contributed by atoms with Crippen molar-refractivity contribution in [3.05, 3.63) is 59.4 Å². The zero-order valence-electron chi connectivity index (χ0n) is 17.1. The highest BCUT2D eigenvalue weighted by Gasteiger charge is 2.21. The largest absolute Gasteiger partial charge is 0.493 e. The number of hydrogen-bond acceptors (Lipinski definition) is 4. The van der Waals surface area contributed by atoms with E-state index in [9.17, 15) is 14.0 Å². The van der Waals surface area contributed by atoms with Crippen molar-refractivity contribution in [2.24, 2.45) is 5.73 Å². The Bertz CT molecular complexity index is 956. The van der Waals surface area contributed by atoms with Crippen LogP contribution in [0.3, 0.4) is 0 Å². The molecule has 2 N–H and O–H groups in total. The standard InChI is InChI=1S/C23H25FN2O4/c1-3-29-20-14-17-12-15(2)30-21(17)13-16(20)4-9-23(28)26(11-10-22(25)27)19-7-5-18(24)6-8-19/h4-9,13-15H,3,10-12H2,1-2H3,(H2,25,27)/b9-4+. The van der Waals surface area contributed by atoms with E-state index in [0.29, 0.717) is 23.6 Å². The summed E-state index contributed by atoms with van der Waals surface area (Å²) in [6, 6.07) is 9.29. The number of fused-ring (bicyclic) bond motifs is 1. The van der Waals surface area contributed by atoms with Crippen molar-refractivity contribution in [2.75, 3.05) is 18.1 Å². The Balaban J connectivity index is 1.86. The summed E-state index contributed by atoms with van der Waals surface area (Å²) in [4.78, 5) is 25.5. The van der Waals surface area contributed by atoms with E-state index in [4.69, 9.17) is 15.2 Å². The van der Waals surface area contributed by atoms with E-state index in [1.807, 2.05) is 26.0 Å². The fraction of sp³-hybridized carbons (Fsp3) is 0.304. The van der Waals surface area contributed by atoms with Crippen LogP contribution in [0.25, 0.3) is 6.08 Å². The highest BCUT2D eigenvalue weighted by Crippen LogP contribution is 2.35. The first-order chi connectivity index (χ1) is 14.4. The fourth-order valence-electron chi connectivity index (χ4n) is 3.33. The molecule has 1 heterocycles. The topological polar surface area (TPSA) is 81.9 Å². The zero-order chi connectivity index (χ0) is 21.7. The van der Waals surface area contributed by atoms with Crippen LogP contribution in [-0.2, 0) is 16.0 Å². The summed E-state index contributed by atoms with van der Waals surface area (Å²) in [7, 11) is 0. The molecule has 0 spiro atoms. The first kappa shape index (κ1) is 21.4. The van der Waals surface area contributed by atoms with Gasteiger partial charge in [0.05, 0.1) is 6.61 Å². The van der Waals surface area contributed by atoms with Gasteiger partial charge in [0.2, 0.25) is 5.91 Å². The van der Waals surface area contributed by atoms with Gasteiger partial charge in [-0.1, -0.05) is 0 Å². The Kier molecular flexibility index (Phi) is 6.72. The summed E-state index contributed by atoms with van der Waals surface area (Å²) in [6.07, 6.45) is 3.95. The first-order valence-electron chi connectivity index (χ1n) is 9.87. The van der Waals surface area contributed by atoms with Crippen molar-refractivity contribution in [3.8, 4) is 11.5 Å². The molecule has 2 amide bonds. The van der Waals surface area contributed by atoms with E-state index in [1.165, 1.54) is 35.2 Å². The predicted molar refractivity (Wildman–Crippen MR) is 113 cm³/mol. The summed E-state index contributed by atoms with van der Waals surface area (Å²) < 4.78 is 24.8. The number of hydrogen-bond donors (Lipinski definition) is 1. The lowest BCUT2D eigenvalue weighted by Crippen LogP contribution is -2.32. The molecule has 1 unspecified atom stereocenters. The number of rotatable bonds is 8. The molecule has 30 heavy (non-hydrogen) atoms. The average Bonchev–Trinajstić information content (AvgIpc) is 3.06. The number of carbonyl (C=O) groups excluding carboxylic acids is 2. The molecule has 0 aliphatic carbocycles. The van der Waals surface area contributed by atoms with Crippen LogP contribution in [0, 0.1) is 5.82 Å². The monoisotopic (exact) mass is 412 g/mol. The maximum absolute atomic E-state index is 13.3. The molecule has 0 bridgehead atoms. The smallest absolute Gasteiger partial charge is 0.251 e. The van der Waals surface area contributed by atoms with Crippen molar-refractivity contribution in [2.45, 2.75) is 32.8 Å². The van der Waals surface area contributed by atoms with Gasteiger partial charge >= 0.3 is 0 Å². The van der Waals surface area contributed by atoms with Crippen LogP contribution in [0.1, 0.15) is 31.4 Å². The van der Waals surface area contributed by atoms with Crippen molar-refractivity contribution in [1.29, 1.82) is 0 Å². The molecule has 0 radical (unpaired) electrons. The third-order valence-electron chi connectivity index (χ3n) is 4.72. The second kappa shape index (κ2) is 9.43. The third kappa shape index (κ3) is 5.17. The van der Waals surface area contributed by atoms with Gasteiger partial charge in [-0.15, -0.1) is 0 Å². The summed E-state index contributed by atoms with van der Waals surface area (Å²) in [5.41, 5.74) is 7.50. The number of nitrogens with zero attached hydrogens (tertiary/aromatic N) is 1. The number of amides is 2. The maximum Gasteiger partial charge on any atom is 0.251 e. The predicted octanol–water partition coefficient (Wildman–Crippen LogP) is 3.47. The summed E-state index contributed by atoms with van der Waals surface area (Å²) >= 11 is 0. The Labute approximate surface area is 175 Å². The Morgan fingerprint density at radius 1 is 1.30 bits per heavy atom. The van der Waals surface area contributed by atoms with E-state index in [1.54, 1.807) is 6.08 Å². The van der Waals surface area contributed by atoms with Gasteiger partial charge < -0.3 is 20.1 Å². The van der Waals surface area contributed by atoms with Crippen LogP contribution < -0.4 is 20.1 Å². The number of primary amides is 1. The molecule has 0 saturated carbocycles. The van der Waals surface area contributed by atoms with Crippen LogP contribution >= 0.6 is 0 Å². The normalized spacial score (nSPS) is 15.0. The number of benzene rings is 2. The van der Waals surface area contributed by atoms with E-state index in [2.05, 4.69) is 0 Å². The molecular formula is C23H25FN2O4. The van der Waals surface area contributed by atoms with Gasteiger partial charge in [0.25, 0.3) is 5.91 Å². The minimum Gasteiger partial charge on any atom is -0.493 e. The molecule has 0 aromatic heterocycles. The highest BCUT2D eigenvalue weighted by atomic mass is 19.1. The quantitative estimate of drug-likeness (QED) is 0.673. The zero-order valence-corrected chi connectivity index (χ0v) is 17.1. The number of halogens is 1. The minimum atomic E-state index is -0.526. The average molecular weight is 412 g/mol. The summed E-state index contributed by atoms with van der Waals surface area (Å²) in [6.45, 7) is 4.47. The minimum absolute atomic E-state index is 0.00821. The molecule has 7 heteroatoms. The number of ether oxygens (including phenoxy) is 2. The molecule has 0 fully saturated rings. The molecule has 6 nitrogen and oxygen atoms in total. The van der Waals surface area contributed by atoms with Crippen LogP contribution in [0.5, 0.6) is 11.5 Å². The molecule has 3 rings (SSSR count). The van der Waals surface area contributed by atoms with E-state index in [-0.39, 0.29) is 25.0 Å². The molecule has 158 valence electrons. The summed E-state index contributed by atoms with van der Waals surface area (Å²) in [5, 5.41) is 0. The van der Waals surface area contributed by atoms with E-state index < -0.39 is 11.7 Å². The molecule has 2 aromatic rings. The number of anilines is 1. The number of nitrogens with two attached hydrogens (primary N) is 1. The van der Waals surface area contributed by atoms with Crippen LogP contribution in [0.15, 0.2) is 42.5 Å². The second-order valence-electron chi connectivity index (χ2n) is 7.08. The second-order valence-corrected chi connectivity index (χ2v) is 7.08. The molecular weight excluding hydrogens is 387 g/mol. The first-order valence-corrected chi connectivity index (χ1v) is 9.87. The van der Waals surface area contributed by atoms with Crippen molar-refractivity contribution >= 4 is 23.6 Å². The van der Waals surface area contributed by atoms with E-state index in [0.717, 1.165) is 17.7 Å². The van der Waals surface area contributed by atoms with Gasteiger partial charge in [-0.3, -0.25) is 9.59 Å².